The molecule has 2 heterocycles. The van der Waals surface area contributed by atoms with Crippen molar-refractivity contribution in [2.75, 3.05) is 19.6 Å². The molecule has 3 rings (SSSR count). The molecule has 0 unspecified atom stereocenters. The molecule has 0 aromatic carbocycles. The first-order chi connectivity index (χ1) is 11.1. The molecular formula is C16H25N5O2. The van der Waals surface area contributed by atoms with Crippen LogP contribution in [0.25, 0.3) is 0 Å². The van der Waals surface area contributed by atoms with Gasteiger partial charge in [0.15, 0.2) is 5.82 Å². The second kappa shape index (κ2) is 7.10. The number of likely N-dealkylation sites (tertiary alicyclic amines) is 1. The lowest BCUT2D eigenvalue weighted by atomic mass is 9.96. The number of hydrogen-bond donors (Lipinski definition) is 2. The molecule has 1 atom stereocenters. The number of piperidine rings is 1. The standard InChI is InChI=1S/C16H25N5O2/c1-11-18-14(20-19-11)5-2-8-17-15(22)13-4-3-9-21(10-13)16(23)12-6-7-12/h12-13H,2-10H2,1H3,(H,17,22)(H,18,19,20)/t13-/m0/s1. The summed E-state index contributed by atoms with van der Waals surface area (Å²) in [5.41, 5.74) is 0. The van der Waals surface area contributed by atoms with Gasteiger partial charge in [0.2, 0.25) is 11.8 Å². The van der Waals surface area contributed by atoms with Crippen LogP contribution in [0.3, 0.4) is 0 Å². The van der Waals surface area contributed by atoms with E-state index in [1.54, 1.807) is 0 Å². The maximum Gasteiger partial charge on any atom is 0.225 e. The molecular weight excluding hydrogens is 294 g/mol. The van der Waals surface area contributed by atoms with Gasteiger partial charge in [-0.2, -0.15) is 5.10 Å². The molecule has 1 aliphatic heterocycles. The van der Waals surface area contributed by atoms with Gasteiger partial charge in [-0.1, -0.05) is 0 Å². The van der Waals surface area contributed by atoms with Crippen LogP contribution in [-0.2, 0) is 16.0 Å². The van der Waals surface area contributed by atoms with Crippen molar-refractivity contribution in [2.24, 2.45) is 11.8 Å². The summed E-state index contributed by atoms with van der Waals surface area (Å²) in [6, 6.07) is 0. The van der Waals surface area contributed by atoms with Gasteiger partial charge in [-0.15, -0.1) is 0 Å². The number of hydrogen-bond acceptors (Lipinski definition) is 4. The van der Waals surface area contributed by atoms with Gasteiger partial charge in [-0.25, -0.2) is 4.98 Å². The van der Waals surface area contributed by atoms with Crippen LogP contribution in [0.2, 0.25) is 0 Å². The average molecular weight is 319 g/mol. The van der Waals surface area contributed by atoms with E-state index in [0.29, 0.717) is 13.1 Å². The summed E-state index contributed by atoms with van der Waals surface area (Å²) in [4.78, 5) is 30.5. The minimum atomic E-state index is -0.0581. The summed E-state index contributed by atoms with van der Waals surface area (Å²) in [5.74, 6) is 2.10. The molecule has 2 amide bonds. The lowest BCUT2D eigenvalue weighted by Gasteiger charge is -2.32. The van der Waals surface area contributed by atoms with Crippen molar-refractivity contribution in [2.45, 2.75) is 45.4 Å². The molecule has 1 saturated heterocycles. The number of aromatic amines is 1. The molecule has 0 radical (unpaired) electrons. The van der Waals surface area contributed by atoms with E-state index in [2.05, 4.69) is 20.5 Å². The van der Waals surface area contributed by atoms with E-state index >= 15 is 0 Å². The van der Waals surface area contributed by atoms with Crippen molar-refractivity contribution < 1.29 is 9.59 Å². The Labute approximate surface area is 136 Å². The first-order valence-corrected chi connectivity index (χ1v) is 8.58. The highest BCUT2D eigenvalue weighted by Crippen LogP contribution is 2.32. The molecule has 0 bridgehead atoms. The number of nitrogens with one attached hydrogen (secondary N) is 2. The number of amides is 2. The molecule has 1 aromatic heterocycles. The van der Waals surface area contributed by atoms with Crippen molar-refractivity contribution in [3.05, 3.63) is 11.6 Å². The molecule has 2 aliphatic rings. The molecule has 1 aliphatic carbocycles. The molecule has 2 fully saturated rings. The van der Waals surface area contributed by atoms with Crippen LogP contribution in [0.1, 0.15) is 43.8 Å². The fourth-order valence-electron chi connectivity index (χ4n) is 3.08. The number of carbonyl (C=O) groups is 2. The van der Waals surface area contributed by atoms with E-state index in [1.165, 1.54) is 0 Å². The van der Waals surface area contributed by atoms with Crippen LogP contribution in [-0.4, -0.2) is 51.5 Å². The van der Waals surface area contributed by atoms with Crippen molar-refractivity contribution in [3.63, 3.8) is 0 Å². The average Bonchev–Trinajstić information content (AvgIpc) is 3.33. The van der Waals surface area contributed by atoms with Gasteiger partial charge in [0.05, 0.1) is 5.92 Å². The smallest absolute Gasteiger partial charge is 0.225 e. The third kappa shape index (κ3) is 4.30. The zero-order chi connectivity index (χ0) is 16.2. The Bertz CT molecular complexity index is 567. The Morgan fingerprint density at radius 3 is 2.83 bits per heavy atom. The summed E-state index contributed by atoms with van der Waals surface area (Å²) in [7, 11) is 0. The monoisotopic (exact) mass is 319 g/mol. The lowest BCUT2D eigenvalue weighted by Crippen LogP contribution is -2.46. The third-order valence-electron chi connectivity index (χ3n) is 4.55. The SMILES string of the molecule is Cc1nc(CCCNC(=O)[C@H]2CCCN(C(=O)C3CC3)C2)n[nH]1. The fraction of sp³-hybridized carbons (Fsp3) is 0.750. The fourth-order valence-corrected chi connectivity index (χ4v) is 3.08. The topological polar surface area (TPSA) is 91.0 Å². The van der Waals surface area contributed by atoms with Crippen LogP contribution in [0.15, 0.2) is 0 Å². The summed E-state index contributed by atoms with van der Waals surface area (Å²) >= 11 is 0. The van der Waals surface area contributed by atoms with Crippen molar-refractivity contribution in [1.82, 2.24) is 25.4 Å². The van der Waals surface area contributed by atoms with Gasteiger partial charge < -0.3 is 10.2 Å². The Morgan fingerprint density at radius 2 is 2.13 bits per heavy atom. The van der Waals surface area contributed by atoms with E-state index in [-0.39, 0.29) is 23.7 Å². The predicted molar refractivity (Wildman–Crippen MR) is 84.5 cm³/mol. The van der Waals surface area contributed by atoms with E-state index in [9.17, 15) is 9.59 Å². The summed E-state index contributed by atoms with van der Waals surface area (Å²) in [5, 5.41) is 9.89. The van der Waals surface area contributed by atoms with Gasteiger partial charge in [0.1, 0.15) is 5.82 Å². The van der Waals surface area contributed by atoms with E-state index in [4.69, 9.17) is 0 Å². The largest absolute Gasteiger partial charge is 0.356 e. The summed E-state index contributed by atoms with van der Waals surface area (Å²) < 4.78 is 0. The number of aromatic nitrogens is 3. The molecule has 1 saturated carbocycles. The Morgan fingerprint density at radius 1 is 1.30 bits per heavy atom. The van der Waals surface area contributed by atoms with E-state index in [1.807, 2.05) is 11.8 Å². The molecule has 2 N–H and O–H groups in total. The van der Waals surface area contributed by atoms with Gasteiger partial charge in [-0.3, -0.25) is 14.7 Å². The van der Waals surface area contributed by atoms with Gasteiger partial charge in [-0.05, 0) is 39.0 Å². The van der Waals surface area contributed by atoms with Crippen LogP contribution in [0.4, 0.5) is 0 Å². The minimum absolute atomic E-state index is 0.0581. The van der Waals surface area contributed by atoms with Gasteiger partial charge in [0.25, 0.3) is 0 Å². The van der Waals surface area contributed by atoms with Gasteiger partial charge >= 0.3 is 0 Å². The van der Waals surface area contributed by atoms with E-state index < -0.39 is 0 Å². The Balaban J connectivity index is 1.38. The third-order valence-corrected chi connectivity index (χ3v) is 4.55. The summed E-state index contributed by atoms with van der Waals surface area (Å²) in [6.07, 6.45) is 5.41. The minimum Gasteiger partial charge on any atom is -0.356 e. The number of H-pyrrole nitrogens is 1. The number of rotatable bonds is 6. The number of nitrogens with zero attached hydrogens (tertiary/aromatic N) is 3. The first kappa shape index (κ1) is 16.0. The second-order valence-electron chi connectivity index (χ2n) is 6.63. The maximum absolute atomic E-state index is 12.3. The zero-order valence-electron chi connectivity index (χ0n) is 13.7. The van der Waals surface area contributed by atoms with Crippen molar-refractivity contribution in [3.8, 4) is 0 Å². The van der Waals surface area contributed by atoms with E-state index in [0.717, 1.165) is 56.7 Å². The normalized spacial score (nSPS) is 21.3. The molecule has 0 spiro atoms. The van der Waals surface area contributed by atoms with Crippen LogP contribution in [0, 0.1) is 18.8 Å². The molecule has 7 nitrogen and oxygen atoms in total. The molecule has 7 heteroatoms. The maximum atomic E-state index is 12.3. The number of carbonyl (C=O) groups excluding carboxylic acids is 2. The molecule has 126 valence electrons. The van der Waals surface area contributed by atoms with Gasteiger partial charge in [0, 0.05) is 32.0 Å². The highest BCUT2D eigenvalue weighted by Gasteiger charge is 2.36. The lowest BCUT2D eigenvalue weighted by molar-refractivity contribution is -0.136. The Hall–Kier alpha value is -1.92. The van der Waals surface area contributed by atoms with Crippen molar-refractivity contribution >= 4 is 11.8 Å². The van der Waals surface area contributed by atoms with Crippen LogP contribution < -0.4 is 5.32 Å². The Kier molecular flexibility index (Phi) is 4.93. The first-order valence-electron chi connectivity index (χ1n) is 8.58. The predicted octanol–water partition coefficient (Wildman–Crippen LogP) is 0.811. The van der Waals surface area contributed by atoms with Crippen LogP contribution >= 0.6 is 0 Å². The highest BCUT2D eigenvalue weighted by molar-refractivity contribution is 5.83. The zero-order valence-corrected chi connectivity index (χ0v) is 13.7. The summed E-state index contributed by atoms with van der Waals surface area (Å²) in [6.45, 7) is 3.89. The van der Waals surface area contributed by atoms with Crippen molar-refractivity contribution in [1.29, 1.82) is 0 Å². The van der Waals surface area contributed by atoms with Crippen LogP contribution in [0.5, 0.6) is 0 Å². The number of aryl methyl sites for hydroxylation is 2. The quantitative estimate of drug-likeness (QED) is 0.759. The molecule has 23 heavy (non-hydrogen) atoms. The second-order valence-corrected chi connectivity index (χ2v) is 6.63. The highest BCUT2D eigenvalue weighted by atomic mass is 16.2. The molecule has 1 aromatic rings.